The topological polar surface area (TPSA) is 117 Å². The predicted octanol–water partition coefficient (Wildman–Crippen LogP) is 16.6. The maximum absolute atomic E-state index is 12.7. The van der Waals surface area contributed by atoms with E-state index in [0.717, 1.165) is 77.0 Å². The number of hydrogen-bond donors (Lipinski definition) is 2. The lowest BCUT2D eigenvalue weighted by atomic mass is 10.1. The molecule has 0 heterocycles. The van der Waals surface area contributed by atoms with Gasteiger partial charge in [-0.3, -0.25) is 13.8 Å². The molecule has 0 aliphatic heterocycles. The van der Waals surface area contributed by atoms with E-state index in [-0.39, 0.29) is 32.3 Å². The molecule has 2 atom stereocenters. The van der Waals surface area contributed by atoms with E-state index in [0.29, 0.717) is 13.0 Å². The van der Waals surface area contributed by atoms with Gasteiger partial charge in [0.25, 0.3) is 0 Å². The summed E-state index contributed by atoms with van der Waals surface area (Å²) >= 11 is 0. The van der Waals surface area contributed by atoms with Crippen molar-refractivity contribution in [3.05, 3.63) is 72.9 Å². The number of ether oxygens (including phenoxy) is 2. The Hall–Kier alpha value is -2.06. The second-order valence-corrected chi connectivity index (χ2v) is 18.8. The number of carbonyl (C=O) groups excluding carboxylic acids is 1. The Labute approximate surface area is 395 Å². The molecule has 0 aromatic heterocycles. The van der Waals surface area contributed by atoms with Crippen molar-refractivity contribution in [3.63, 3.8) is 0 Å². The highest BCUT2D eigenvalue weighted by atomic mass is 31.2. The van der Waals surface area contributed by atoms with Crippen LogP contribution in [-0.4, -0.2) is 49.9 Å². The van der Waals surface area contributed by atoms with Crippen LogP contribution < -0.4 is 5.73 Å². The minimum Gasteiger partial charge on any atom is -0.457 e. The zero-order valence-electron chi connectivity index (χ0n) is 41.5. The summed E-state index contributed by atoms with van der Waals surface area (Å²) in [6.07, 6.45) is 66.5. The number of rotatable bonds is 50. The molecule has 0 amide bonds. The van der Waals surface area contributed by atoms with Crippen LogP contribution in [-0.2, 0) is 27.9 Å². The summed E-state index contributed by atoms with van der Waals surface area (Å²) in [6, 6.07) is 0. The first-order valence-electron chi connectivity index (χ1n) is 26.4. The number of unbranched alkanes of at least 4 members (excludes halogenated alkanes) is 25. The van der Waals surface area contributed by atoms with Crippen LogP contribution in [0.5, 0.6) is 0 Å². The van der Waals surface area contributed by atoms with Gasteiger partial charge >= 0.3 is 13.8 Å². The van der Waals surface area contributed by atoms with Crippen LogP contribution in [0, 0.1) is 0 Å². The third kappa shape index (κ3) is 50.9. The van der Waals surface area contributed by atoms with Crippen molar-refractivity contribution in [2.75, 3.05) is 33.0 Å². The summed E-state index contributed by atoms with van der Waals surface area (Å²) in [5.41, 5.74) is 5.39. The lowest BCUT2D eigenvalue weighted by Crippen LogP contribution is -2.28. The van der Waals surface area contributed by atoms with Gasteiger partial charge in [-0.15, -0.1) is 0 Å². The van der Waals surface area contributed by atoms with Gasteiger partial charge in [-0.05, 0) is 83.5 Å². The normalized spacial score (nSPS) is 13.9. The number of nitrogens with two attached hydrogens (primary N) is 1. The molecule has 9 heteroatoms. The van der Waals surface area contributed by atoms with E-state index in [2.05, 4.69) is 86.8 Å². The molecule has 8 nitrogen and oxygen atoms in total. The van der Waals surface area contributed by atoms with E-state index in [9.17, 15) is 14.3 Å². The number of phosphoric acid groups is 1. The van der Waals surface area contributed by atoms with Crippen molar-refractivity contribution >= 4 is 13.8 Å². The van der Waals surface area contributed by atoms with Gasteiger partial charge < -0.3 is 20.1 Å². The van der Waals surface area contributed by atoms with Gasteiger partial charge in [0.1, 0.15) is 6.10 Å². The first-order chi connectivity index (χ1) is 31.4. The molecule has 0 rings (SSSR count). The highest BCUT2D eigenvalue weighted by molar-refractivity contribution is 7.47. The highest BCUT2D eigenvalue weighted by Gasteiger charge is 2.25. The average molecular weight is 918 g/mol. The van der Waals surface area contributed by atoms with Crippen molar-refractivity contribution in [3.8, 4) is 0 Å². The molecule has 0 radical (unpaired) electrons. The van der Waals surface area contributed by atoms with E-state index in [1.54, 1.807) is 0 Å². The molecule has 0 saturated carbocycles. The highest BCUT2D eigenvalue weighted by Crippen LogP contribution is 2.43. The van der Waals surface area contributed by atoms with Crippen molar-refractivity contribution < 1.29 is 32.8 Å². The monoisotopic (exact) mass is 918 g/mol. The Morgan fingerprint density at radius 1 is 0.484 bits per heavy atom. The molecule has 0 aliphatic carbocycles. The molecule has 0 fully saturated rings. The summed E-state index contributed by atoms with van der Waals surface area (Å²) in [5.74, 6) is -0.342. The Kier molecular flexibility index (Phi) is 50.2. The zero-order chi connectivity index (χ0) is 46.5. The van der Waals surface area contributed by atoms with Gasteiger partial charge in [0.15, 0.2) is 0 Å². The molecule has 0 saturated heterocycles. The molecule has 372 valence electrons. The third-order valence-corrected chi connectivity index (χ3v) is 12.1. The fourth-order valence-electron chi connectivity index (χ4n) is 7.25. The molecule has 0 bridgehead atoms. The van der Waals surface area contributed by atoms with Gasteiger partial charge in [-0.25, -0.2) is 4.57 Å². The summed E-state index contributed by atoms with van der Waals surface area (Å²) in [4.78, 5) is 22.6. The van der Waals surface area contributed by atoms with Crippen molar-refractivity contribution in [1.29, 1.82) is 0 Å². The number of allylic oxidation sites excluding steroid dienone is 12. The smallest absolute Gasteiger partial charge is 0.457 e. The molecule has 0 aliphatic rings. The number of carbonyl (C=O) groups is 1. The van der Waals surface area contributed by atoms with Crippen LogP contribution in [0.4, 0.5) is 0 Å². The number of hydrogen-bond acceptors (Lipinski definition) is 7. The molecular weight excluding hydrogens is 818 g/mol. The maximum atomic E-state index is 12.7. The molecule has 0 aromatic rings. The van der Waals surface area contributed by atoms with E-state index in [1.807, 2.05) is 0 Å². The molecule has 3 N–H and O–H groups in total. The van der Waals surface area contributed by atoms with E-state index in [4.69, 9.17) is 24.3 Å². The van der Waals surface area contributed by atoms with Crippen LogP contribution >= 0.6 is 7.82 Å². The fraction of sp³-hybridized carbons (Fsp3) is 0.764. The van der Waals surface area contributed by atoms with Gasteiger partial charge in [0.2, 0.25) is 0 Å². The lowest BCUT2D eigenvalue weighted by molar-refractivity contribution is -0.154. The van der Waals surface area contributed by atoms with Crippen molar-refractivity contribution in [2.24, 2.45) is 5.73 Å². The van der Waals surface area contributed by atoms with Gasteiger partial charge in [-0.1, -0.05) is 215 Å². The van der Waals surface area contributed by atoms with Crippen molar-refractivity contribution in [1.82, 2.24) is 0 Å². The largest absolute Gasteiger partial charge is 0.472 e. The Morgan fingerprint density at radius 2 is 0.875 bits per heavy atom. The first-order valence-corrected chi connectivity index (χ1v) is 27.9. The Balaban J connectivity index is 3.97. The van der Waals surface area contributed by atoms with E-state index >= 15 is 0 Å². The molecule has 0 aromatic carbocycles. The summed E-state index contributed by atoms with van der Waals surface area (Å²) in [5, 5.41) is 0. The fourth-order valence-corrected chi connectivity index (χ4v) is 8.02. The third-order valence-electron chi connectivity index (χ3n) is 11.1. The van der Waals surface area contributed by atoms with Crippen molar-refractivity contribution in [2.45, 2.75) is 238 Å². The van der Waals surface area contributed by atoms with E-state index < -0.39 is 13.9 Å². The van der Waals surface area contributed by atoms with Gasteiger partial charge in [0.05, 0.1) is 19.8 Å². The van der Waals surface area contributed by atoms with Crippen LogP contribution in [0.15, 0.2) is 72.9 Å². The van der Waals surface area contributed by atoms with Crippen LogP contribution in [0.3, 0.4) is 0 Å². The predicted molar refractivity (Wildman–Crippen MR) is 275 cm³/mol. The number of esters is 1. The average Bonchev–Trinajstić information content (AvgIpc) is 3.29. The Bertz CT molecular complexity index is 1210. The summed E-state index contributed by atoms with van der Waals surface area (Å²) in [7, 11) is -4.29. The number of phosphoric ester groups is 1. The SMILES string of the molecule is CC/C=C\C/C=C\C/C=C\C/C=C\C/C=C\CCCCCCCCCC(=O)OC(COCCCCCCCCCCCC/C=C\CCCCCCCCCC)COP(=O)(O)OCCN. The molecule has 2 unspecified atom stereocenters. The Morgan fingerprint density at radius 3 is 1.33 bits per heavy atom. The quantitative estimate of drug-likeness (QED) is 0.0268. The van der Waals surface area contributed by atoms with Gasteiger partial charge in [0, 0.05) is 19.6 Å². The maximum Gasteiger partial charge on any atom is 0.472 e. The lowest BCUT2D eigenvalue weighted by Gasteiger charge is -2.20. The summed E-state index contributed by atoms with van der Waals surface area (Å²) in [6.45, 7) is 4.81. The molecule has 0 spiro atoms. The van der Waals surface area contributed by atoms with Crippen LogP contribution in [0.1, 0.15) is 232 Å². The molecule has 64 heavy (non-hydrogen) atoms. The minimum atomic E-state index is -4.29. The second-order valence-electron chi connectivity index (χ2n) is 17.4. The first kappa shape index (κ1) is 61.9. The summed E-state index contributed by atoms with van der Waals surface area (Å²) < 4.78 is 33.6. The van der Waals surface area contributed by atoms with Crippen LogP contribution in [0.25, 0.3) is 0 Å². The van der Waals surface area contributed by atoms with Gasteiger partial charge in [-0.2, -0.15) is 0 Å². The minimum absolute atomic E-state index is 0.0953. The second kappa shape index (κ2) is 51.9. The zero-order valence-corrected chi connectivity index (χ0v) is 42.4. The van der Waals surface area contributed by atoms with Crippen LogP contribution in [0.2, 0.25) is 0 Å². The molecular formula is C55H100NO7P. The standard InChI is InChI=1S/C55H100NO7P/c1-3-5-7-9-11-13-15-17-19-21-23-25-27-28-30-32-34-36-38-40-42-44-46-48-55(57)63-54(53-62-64(58,59)61-51-49-56)52-60-50-47-45-43-41-39-37-35-33-31-29-26-24-22-20-18-16-14-12-10-8-6-4-2/h5,7,11,13,17,19,22-25,28,30,54H,3-4,6,8-10,12,14-16,18,20-21,26-27,29,31-53,56H2,1-2H3,(H,58,59)/b7-5-,13-11-,19-17-,24-22-,25-23-,30-28-. The van der Waals surface area contributed by atoms with E-state index in [1.165, 1.54) is 135 Å².